The molecule has 1 atom stereocenters. The van der Waals surface area contributed by atoms with E-state index >= 15 is 0 Å². The monoisotopic (exact) mass is 316 g/mol. The maximum atomic E-state index is 13.5. The average molecular weight is 316 g/mol. The van der Waals surface area contributed by atoms with Crippen molar-refractivity contribution in [1.82, 2.24) is 4.31 Å². The van der Waals surface area contributed by atoms with Crippen LogP contribution in [0.2, 0.25) is 0 Å². The minimum absolute atomic E-state index is 0.0415. The summed E-state index contributed by atoms with van der Waals surface area (Å²) in [5, 5.41) is 0. The van der Waals surface area contributed by atoms with E-state index in [1.54, 1.807) is 0 Å². The number of hydrogen-bond acceptors (Lipinski definition) is 4. The highest BCUT2D eigenvalue weighted by Gasteiger charge is 2.38. The Kier molecular flexibility index (Phi) is 4.39. The lowest BCUT2D eigenvalue weighted by molar-refractivity contribution is -0.109. The second kappa shape index (κ2) is 5.64. The fourth-order valence-corrected chi connectivity index (χ4v) is 4.31. The summed E-state index contributed by atoms with van der Waals surface area (Å²) >= 11 is 0. The quantitative estimate of drug-likeness (QED) is 0.916. The van der Waals surface area contributed by atoms with E-state index in [0.29, 0.717) is 0 Å². The van der Waals surface area contributed by atoms with Crippen LogP contribution in [-0.2, 0) is 21.3 Å². The predicted octanol–water partition coefficient (Wildman–Crippen LogP) is 1.47. The first-order valence-corrected chi connectivity index (χ1v) is 8.26. The molecule has 0 saturated carbocycles. The molecule has 1 saturated heterocycles. The van der Waals surface area contributed by atoms with Crippen LogP contribution in [0.1, 0.15) is 26.3 Å². The molecule has 1 fully saturated rings. The topological polar surface area (TPSA) is 72.6 Å². The minimum atomic E-state index is -3.68. The van der Waals surface area contributed by atoms with Crippen molar-refractivity contribution in [3.63, 3.8) is 0 Å². The van der Waals surface area contributed by atoms with E-state index in [4.69, 9.17) is 10.5 Å². The van der Waals surface area contributed by atoms with Crippen molar-refractivity contribution in [1.29, 1.82) is 0 Å². The predicted molar refractivity (Wildman–Crippen MR) is 77.7 cm³/mol. The molecule has 1 aromatic rings. The van der Waals surface area contributed by atoms with E-state index in [9.17, 15) is 12.8 Å². The number of nitrogens with zero attached hydrogens (tertiary/aromatic N) is 1. The van der Waals surface area contributed by atoms with E-state index in [-0.39, 0.29) is 36.2 Å². The summed E-state index contributed by atoms with van der Waals surface area (Å²) in [6.07, 6.45) is -0.196. The van der Waals surface area contributed by atoms with Crippen molar-refractivity contribution in [2.45, 2.75) is 43.9 Å². The third-order valence-corrected chi connectivity index (χ3v) is 5.22. The highest BCUT2D eigenvalue weighted by Crippen LogP contribution is 2.27. The third kappa shape index (κ3) is 3.42. The van der Waals surface area contributed by atoms with Gasteiger partial charge in [0, 0.05) is 25.2 Å². The molecule has 118 valence electrons. The van der Waals surface area contributed by atoms with Crippen molar-refractivity contribution in [3.05, 3.63) is 29.6 Å². The van der Waals surface area contributed by atoms with Crippen LogP contribution in [0.15, 0.2) is 23.1 Å². The second-order valence-corrected chi connectivity index (χ2v) is 7.88. The van der Waals surface area contributed by atoms with Crippen LogP contribution in [0.25, 0.3) is 0 Å². The standard InChI is InChI=1S/C14H21FN2O3S/c1-10-8-17(9-14(2,3)20-10)21(18,19)12-4-5-13(15)11(6-12)7-16/h4-6,10H,7-9,16H2,1-3H3. The molecular weight excluding hydrogens is 295 g/mol. The maximum absolute atomic E-state index is 13.5. The molecule has 0 radical (unpaired) electrons. The third-order valence-electron chi connectivity index (χ3n) is 3.41. The van der Waals surface area contributed by atoms with Crippen molar-refractivity contribution >= 4 is 10.0 Å². The van der Waals surface area contributed by atoms with Crippen LogP contribution in [0.3, 0.4) is 0 Å². The van der Waals surface area contributed by atoms with Crippen LogP contribution in [0.5, 0.6) is 0 Å². The largest absolute Gasteiger partial charge is 0.370 e. The van der Waals surface area contributed by atoms with Gasteiger partial charge >= 0.3 is 0 Å². The van der Waals surface area contributed by atoms with Gasteiger partial charge in [0.1, 0.15) is 5.82 Å². The minimum Gasteiger partial charge on any atom is -0.370 e. The Labute approximate surface area is 124 Å². The Morgan fingerprint density at radius 3 is 2.71 bits per heavy atom. The molecule has 7 heteroatoms. The van der Waals surface area contributed by atoms with Gasteiger partial charge in [-0.1, -0.05) is 0 Å². The van der Waals surface area contributed by atoms with Crippen LogP contribution in [0.4, 0.5) is 4.39 Å². The van der Waals surface area contributed by atoms with E-state index in [2.05, 4.69) is 0 Å². The van der Waals surface area contributed by atoms with Crippen molar-refractivity contribution in [2.24, 2.45) is 5.73 Å². The number of nitrogens with two attached hydrogens (primary N) is 1. The smallest absolute Gasteiger partial charge is 0.243 e. The van der Waals surface area contributed by atoms with Gasteiger partial charge in [0.25, 0.3) is 0 Å². The average Bonchev–Trinajstić information content (AvgIpc) is 2.36. The van der Waals surface area contributed by atoms with E-state index in [1.165, 1.54) is 16.4 Å². The summed E-state index contributed by atoms with van der Waals surface area (Å²) in [6, 6.07) is 3.72. The van der Waals surface area contributed by atoms with E-state index in [1.807, 2.05) is 20.8 Å². The Balaban J connectivity index is 2.37. The molecule has 1 aliphatic heterocycles. The summed E-state index contributed by atoms with van der Waals surface area (Å²) < 4.78 is 46.0. The number of ether oxygens (including phenoxy) is 1. The highest BCUT2D eigenvalue weighted by molar-refractivity contribution is 7.89. The van der Waals surface area contributed by atoms with Gasteiger partial charge < -0.3 is 10.5 Å². The van der Waals surface area contributed by atoms with Crippen molar-refractivity contribution in [2.75, 3.05) is 13.1 Å². The van der Waals surface area contributed by atoms with Gasteiger partial charge in [0.2, 0.25) is 10.0 Å². The van der Waals surface area contributed by atoms with Gasteiger partial charge in [0.15, 0.2) is 0 Å². The van der Waals surface area contributed by atoms with Crippen LogP contribution >= 0.6 is 0 Å². The Bertz CT molecular complexity index is 631. The second-order valence-electron chi connectivity index (χ2n) is 5.94. The number of rotatable bonds is 3. The zero-order chi connectivity index (χ0) is 15.8. The molecular formula is C14H21FN2O3S. The summed E-state index contributed by atoms with van der Waals surface area (Å²) in [5.41, 5.74) is 5.08. The molecule has 21 heavy (non-hydrogen) atoms. The molecule has 0 aliphatic carbocycles. The van der Waals surface area contributed by atoms with Crippen molar-refractivity contribution in [3.8, 4) is 0 Å². The molecule has 0 amide bonds. The fraction of sp³-hybridized carbons (Fsp3) is 0.571. The molecule has 5 nitrogen and oxygen atoms in total. The van der Waals surface area contributed by atoms with Gasteiger partial charge in [-0.15, -0.1) is 0 Å². The van der Waals surface area contributed by atoms with Gasteiger partial charge in [-0.25, -0.2) is 12.8 Å². The molecule has 0 spiro atoms. The summed E-state index contributed by atoms with van der Waals surface area (Å²) in [7, 11) is -3.68. The number of halogens is 1. The summed E-state index contributed by atoms with van der Waals surface area (Å²) in [5.74, 6) is -0.493. The number of sulfonamides is 1. The summed E-state index contributed by atoms with van der Waals surface area (Å²) in [4.78, 5) is 0.0641. The molecule has 0 aromatic heterocycles. The van der Waals surface area contributed by atoms with Gasteiger partial charge in [-0.3, -0.25) is 0 Å². The van der Waals surface area contributed by atoms with Gasteiger partial charge in [-0.05, 0) is 39.0 Å². The van der Waals surface area contributed by atoms with Crippen LogP contribution in [-0.4, -0.2) is 37.5 Å². The highest BCUT2D eigenvalue weighted by atomic mass is 32.2. The molecule has 1 unspecified atom stereocenters. The lowest BCUT2D eigenvalue weighted by atomic mass is 10.1. The first-order chi connectivity index (χ1) is 9.65. The molecule has 1 aliphatic rings. The van der Waals surface area contributed by atoms with E-state index in [0.717, 1.165) is 6.07 Å². The zero-order valence-electron chi connectivity index (χ0n) is 12.5. The zero-order valence-corrected chi connectivity index (χ0v) is 13.3. The molecule has 1 aromatic carbocycles. The van der Waals surface area contributed by atoms with Gasteiger partial charge in [0.05, 0.1) is 16.6 Å². The molecule has 1 heterocycles. The Hall–Kier alpha value is -1.02. The Morgan fingerprint density at radius 2 is 2.14 bits per heavy atom. The SMILES string of the molecule is CC1CN(S(=O)(=O)c2ccc(F)c(CN)c2)CC(C)(C)O1. The normalized spacial score (nSPS) is 23.2. The van der Waals surface area contributed by atoms with Crippen LogP contribution in [0, 0.1) is 5.82 Å². The number of benzene rings is 1. The number of hydrogen-bond donors (Lipinski definition) is 1. The first-order valence-electron chi connectivity index (χ1n) is 6.82. The lowest BCUT2D eigenvalue weighted by Gasteiger charge is -2.40. The molecule has 0 bridgehead atoms. The fourth-order valence-electron chi connectivity index (χ4n) is 2.60. The first kappa shape index (κ1) is 16.4. The molecule has 2 rings (SSSR count). The molecule has 2 N–H and O–H groups in total. The van der Waals surface area contributed by atoms with Crippen molar-refractivity contribution < 1.29 is 17.5 Å². The van der Waals surface area contributed by atoms with Crippen LogP contribution < -0.4 is 5.73 Å². The van der Waals surface area contributed by atoms with E-state index < -0.39 is 21.4 Å². The summed E-state index contributed by atoms with van der Waals surface area (Å²) in [6.45, 7) is 6.03. The Morgan fingerprint density at radius 1 is 1.48 bits per heavy atom. The number of morpholine rings is 1. The van der Waals surface area contributed by atoms with Gasteiger partial charge in [-0.2, -0.15) is 4.31 Å². The lowest BCUT2D eigenvalue weighted by Crippen LogP contribution is -2.53. The maximum Gasteiger partial charge on any atom is 0.243 e.